The number of guanidine groups is 1. The highest BCUT2D eigenvalue weighted by atomic mass is 15.2. The van der Waals surface area contributed by atoms with Gasteiger partial charge in [-0.25, -0.2) is 4.99 Å². The third kappa shape index (κ3) is 6.28. The van der Waals surface area contributed by atoms with Crippen LogP contribution in [0, 0.1) is 0 Å². The molecule has 2 N–H and O–H groups in total. The van der Waals surface area contributed by atoms with Crippen LogP contribution in [0.3, 0.4) is 0 Å². The highest BCUT2D eigenvalue weighted by Crippen LogP contribution is 2.00. The van der Waals surface area contributed by atoms with Gasteiger partial charge in [-0.3, -0.25) is 0 Å². The minimum absolute atomic E-state index is 0.397. The third-order valence-electron chi connectivity index (χ3n) is 2.51. The molecular weight excluding hydrogens is 222 g/mol. The van der Waals surface area contributed by atoms with Crippen molar-refractivity contribution in [2.24, 2.45) is 4.99 Å². The number of unbranched alkanes of at least 4 members (excludes halogenated alkanes) is 1. The first-order valence-corrected chi connectivity index (χ1v) is 6.81. The Morgan fingerprint density at radius 2 is 1.94 bits per heavy atom. The average molecular weight is 247 g/mol. The normalized spacial score (nSPS) is 11.7. The van der Waals surface area contributed by atoms with Crippen LogP contribution < -0.4 is 10.6 Å². The molecule has 18 heavy (non-hydrogen) atoms. The van der Waals surface area contributed by atoms with Crippen LogP contribution in [-0.4, -0.2) is 18.5 Å². The maximum atomic E-state index is 4.60. The van der Waals surface area contributed by atoms with Gasteiger partial charge in [-0.15, -0.1) is 0 Å². The zero-order valence-corrected chi connectivity index (χ0v) is 11.7. The summed E-state index contributed by atoms with van der Waals surface area (Å²) < 4.78 is 0. The number of hydrogen-bond donors (Lipinski definition) is 2. The molecule has 0 amide bonds. The predicted octanol–water partition coefficient (Wildman–Crippen LogP) is 2.93. The van der Waals surface area contributed by atoms with Crippen LogP contribution in [0.5, 0.6) is 0 Å². The van der Waals surface area contributed by atoms with Gasteiger partial charge in [0.2, 0.25) is 0 Å². The van der Waals surface area contributed by atoms with Gasteiger partial charge in [-0.1, -0.05) is 43.7 Å². The van der Waals surface area contributed by atoms with Crippen molar-refractivity contribution in [1.29, 1.82) is 0 Å². The highest BCUT2D eigenvalue weighted by Gasteiger charge is 2.00. The van der Waals surface area contributed by atoms with Gasteiger partial charge in [0.05, 0.1) is 6.54 Å². The molecule has 1 rings (SSSR count). The second-order valence-electron chi connectivity index (χ2n) is 4.73. The van der Waals surface area contributed by atoms with E-state index < -0.39 is 0 Å². The van der Waals surface area contributed by atoms with Gasteiger partial charge in [0, 0.05) is 12.6 Å². The van der Waals surface area contributed by atoms with Crippen LogP contribution in [0.2, 0.25) is 0 Å². The highest BCUT2D eigenvalue weighted by molar-refractivity contribution is 5.80. The fourth-order valence-electron chi connectivity index (χ4n) is 1.56. The summed E-state index contributed by atoms with van der Waals surface area (Å²) in [5.41, 5.74) is 1.23. The van der Waals surface area contributed by atoms with Crippen LogP contribution in [-0.2, 0) is 6.54 Å². The van der Waals surface area contributed by atoms with Crippen LogP contribution in [0.4, 0.5) is 0 Å². The van der Waals surface area contributed by atoms with Gasteiger partial charge in [0.1, 0.15) is 0 Å². The number of hydrogen-bond acceptors (Lipinski definition) is 1. The minimum atomic E-state index is 0.397. The van der Waals surface area contributed by atoms with Crippen molar-refractivity contribution in [2.45, 2.75) is 46.2 Å². The lowest BCUT2D eigenvalue weighted by atomic mass is 10.2. The SMILES string of the molecule is CCCCNC(=NCc1ccccc1)NC(C)C. The first-order chi connectivity index (χ1) is 8.72. The third-order valence-corrected chi connectivity index (χ3v) is 2.51. The lowest BCUT2D eigenvalue weighted by Gasteiger charge is -2.15. The Morgan fingerprint density at radius 3 is 2.56 bits per heavy atom. The number of nitrogens with zero attached hydrogens (tertiary/aromatic N) is 1. The molecule has 0 heterocycles. The number of benzene rings is 1. The molecular formula is C15H25N3. The zero-order chi connectivity index (χ0) is 13.2. The van der Waals surface area contributed by atoms with E-state index in [0.717, 1.165) is 19.0 Å². The van der Waals surface area contributed by atoms with Crippen LogP contribution in [0.1, 0.15) is 39.2 Å². The summed E-state index contributed by atoms with van der Waals surface area (Å²) in [6.07, 6.45) is 2.37. The monoisotopic (exact) mass is 247 g/mol. The summed E-state index contributed by atoms with van der Waals surface area (Å²) in [5.74, 6) is 0.905. The summed E-state index contributed by atoms with van der Waals surface area (Å²) >= 11 is 0. The van der Waals surface area contributed by atoms with Crippen LogP contribution in [0.15, 0.2) is 35.3 Å². The van der Waals surface area contributed by atoms with Gasteiger partial charge in [-0.05, 0) is 25.8 Å². The van der Waals surface area contributed by atoms with Gasteiger partial charge in [-0.2, -0.15) is 0 Å². The summed E-state index contributed by atoms with van der Waals surface area (Å²) in [6, 6.07) is 10.7. The first kappa shape index (κ1) is 14.6. The van der Waals surface area contributed by atoms with E-state index in [1.165, 1.54) is 18.4 Å². The van der Waals surface area contributed by atoms with Crippen molar-refractivity contribution < 1.29 is 0 Å². The molecule has 0 aromatic heterocycles. The van der Waals surface area contributed by atoms with Crippen LogP contribution in [0.25, 0.3) is 0 Å². The van der Waals surface area contributed by atoms with Crippen molar-refractivity contribution in [3.05, 3.63) is 35.9 Å². The minimum Gasteiger partial charge on any atom is -0.356 e. The number of rotatable bonds is 6. The summed E-state index contributed by atoms with van der Waals surface area (Å²) in [6.45, 7) is 8.14. The maximum Gasteiger partial charge on any atom is 0.191 e. The fraction of sp³-hybridized carbons (Fsp3) is 0.533. The maximum absolute atomic E-state index is 4.60. The molecule has 0 bridgehead atoms. The lowest BCUT2D eigenvalue weighted by Crippen LogP contribution is -2.41. The Balaban J connectivity index is 2.52. The Bertz CT molecular complexity index is 344. The summed E-state index contributed by atoms with van der Waals surface area (Å²) in [7, 11) is 0. The second kappa shape index (κ2) is 8.56. The molecule has 0 aliphatic rings. The molecule has 0 atom stereocenters. The molecule has 0 aliphatic carbocycles. The molecule has 1 aromatic carbocycles. The molecule has 1 aromatic rings. The molecule has 0 radical (unpaired) electrons. The lowest BCUT2D eigenvalue weighted by molar-refractivity contribution is 0.677. The van der Waals surface area contributed by atoms with E-state index in [2.05, 4.69) is 48.5 Å². The molecule has 3 heteroatoms. The van der Waals surface area contributed by atoms with Gasteiger partial charge in [0.15, 0.2) is 5.96 Å². The van der Waals surface area contributed by atoms with E-state index in [4.69, 9.17) is 0 Å². The Kier molecular flexibility index (Phi) is 6.92. The second-order valence-corrected chi connectivity index (χ2v) is 4.73. The number of aliphatic imine (C=N–C) groups is 1. The van der Waals surface area contributed by atoms with Crippen molar-refractivity contribution >= 4 is 5.96 Å². The van der Waals surface area contributed by atoms with E-state index >= 15 is 0 Å². The molecule has 3 nitrogen and oxygen atoms in total. The molecule has 0 fully saturated rings. The first-order valence-electron chi connectivity index (χ1n) is 6.81. The van der Waals surface area contributed by atoms with E-state index in [0.29, 0.717) is 6.04 Å². The average Bonchev–Trinajstić information content (AvgIpc) is 2.37. The summed E-state index contributed by atoms with van der Waals surface area (Å²) in [5, 5.41) is 6.71. The zero-order valence-electron chi connectivity index (χ0n) is 11.7. The van der Waals surface area contributed by atoms with Gasteiger partial charge in [0.25, 0.3) is 0 Å². The molecule has 0 spiro atoms. The fourth-order valence-corrected chi connectivity index (χ4v) is 1.56. The Labute approximate surface area is 111 Å². The van der Waals surface area contributed by atoms with Crippen molar-refractivity contribution in [3.63, 3.8) is 0 Å². The molecule has 0 unspecified atom stereocenters. The largest absolute Gasteiger partial charge is 0.356 e. The van der Waals surface area contributed by atoms with Crippen molar-refractivity contribution in [3.8, 4) is 0 Å². The molecule has 0 saturated heterocycles. The van der Waals surface area contributed by atoms with E-state index in [1.807, 2.05) is 18.2 Å². The van der Waals surface area contributed by atoms with E-state index in [-0.39, 0.29) is 0 Å². The molecule has 0 saturated carbocycles. The standard InChI is InChI=1S/C15H25N3/c1-4-5-11-16-15(18-13(2)3)17-12-14-9-7-6-8-10-14/h6-10,13H,4-5,11-12H2,1-3H3,(H2,16,17,18). The smallest absolute Gasteiger partial charge is 0.191 e. The molecule has 0 aliphatic heterocycles. The van der Waals surface area contributed by atoms with E-state index in [1.54, 1.807) is 0 Å². The van der Waals surface area contributed by atoms with Crippen LogP contribution >= 0.6 is 0 Å². The Hall–Kier alpha value is -1.51. The van der Waals surface area contributed by atoms with Gasteiger partial charge >= 0.3 is 0 Å². The Morgan fingerprint density at radius 1 is 1.22 bits per heavy atom. The quantitative estimate of drug-likeness (QED) is 0.461. The summed E-state index contributed by atoms with van der Waals surface area (Å²) in [4.78, 5) is 4.60. The van der Waals surface area contributed by atoms with Crippen molar-refractivity contribution in [1.82, 2.24) is 10.6 Å². The van der Waals surface area contributed by atoms with Crippen molar-refractivity contribution in [2.75, 3.05) is 6.54 Å². The van der Waals surface area contributed by atoms with Gasteiger partial charge < -0.3 is 10.6 Å². The predicted molar refractivity (Wildman–Crippen MR) is 78.8 cm³/mol. The number of nitrogens with one attached hydrogen (secondary N) is 2. The topological polar surface area (TPSA) is 36.4 Å². The molecule has 100 valence electrons. The van der Waals surface area contributed by atoms with E-state index in [9.17, 15) is 0 Å².